The first-order valence-electron chi connectivity index (χ1n) is 14.8. The zero-order chi connectivity index (χ0) is 32.5. The molecule has 0 aliphatic carbocycles. The highest BCUT2D eigenvalue weighted by atomic mass is 35.5. The van der Waals surface area contributed by atoms with E-state index in [0.29, 0.717) is 41.2 Å². The van der Waals surface area contributed by atoms with Crippen LogP contribution in [-0.2, 0) is 22.4 Å². The quantitative estimate of drug-likeness (QED) is 0.164. The van der Waals surface area contributed by atoms with Crippen molar-refractivity contribution in [1.29, 1.82) is 0 Å². The molecular formula is C35H34ClN7O3. The summed E-state index contributed by atoms with van der Waals surface area (Å²) in [5.74, 6) is -0.246. The molecular weight excluding hydrogens is 602 g/mol. The summed E-state index contributed by atoms with van der Waals surface area (Å²) in [6.07, 6.45) is 7.36. The maximum absolute atomic E-state index is 13.3. The largest absolute Gasteiger partial charge is 0.396 e. The number of hydrogen-bond acceptors (Lipinski definition) is 8. The Hall–Kier alpha value is -5.06. The van der Waals surface area contributed by atoms with Crippen molar-refractivity contribution in [1.82, 2.24) is 35.7 Å². The Kier molecular flexibility index (Phi) is 10.4. The van der Waals surface area contributed by atoms with Gasteiger partial charge < -0.3 is 10.4 Å². The third-order valence-electron chi connectivity index (χ3n) is 7.42. The van der Waals surface area contributed by atoms with Crippen LogP contribution in [0.4, 0.5) is 0 Å². The first-order valence-corrected chi connectivity index (χ1v) is 15.2. The number of carbonyl (C=O) groups excluding carboxylic acids is 2. The van der Waals surface area contributed by atoms with Gasteiger partial charge in [-0.1, -0.05) is 80.0 Å². The maximum atomic E-state index is 13.3. The molecule has 0 saturated heterocycles. The number of rotatable bonds is 13. The summed E-state index contributed by atoms with van der Waals surface area (Å²) in [6.45, 7) is 3.71. The molecule has 5 aromatic rings. The van der Waals surface area contributed by atoms with Crippen molar-refractivity contribution >= 4 is 29.4 Å². The molecule has 1 atom stereocenters. The van der Waals surface area contributed by atoms with E-state index in [-0.39, 0.29) is 18.3 Å². The smallest absolute Gasteiger partial charge is 0.244 e. The minimum Gasteiger partial charge on any atom is -0.396 e. The van der Waals surface area contributed by atoms with Crippen LogP contribution < -0.4 is 5.32 Å². The number of aliphatic hydroxyl groups is 1. The van der Waals surface area contributed by atoms with Gasteiger partial charge in [-0.15, -0.1) is 5.10 Å². The van der Waals surface area contributed by atoms with Gasteiger partial charge in [0.1, 0.15) is 12.1 Å². The molecule has 46 heavy (non-hydrogen) atoms. The SMILES string of the molecule is CC(C)(CO)CC(=O)Cc1ccc(-c2cnnc([C@H](Cc3ccccc3)NC(=O)/C=C/c3cc(Cl)ccc3-n3cnnn3)c2)cc1. The van der Waals surface area contributed by atoms with Crippen molar-refractivity contribution in [3.63, 3.8) is 0 Å². The van der Waals surface area contributed by atoms with Crippen LogP contribution in [0.2, 0.25) is 5.02 Å². The normalized spacial score (nSPS) is 12.3. The van der Waals surface area contributed by atoms with E-state index < -0.39 is 11.5 Å². The van der Waals surface area contributed by atoms with Gasteiger partial charge in [0, 0.05) is 41.7 Å². The van der Waals surface area contributed by atoms with Crippen LogP contribution in [0.5, 0.6) is 0 Å². The van der Waals surface area contributed by atoms with Crippen molar-refractivity contribution in [3.8, 4) is 16.8 Å². The van der Waals surface area contributed by atoms with Crippen molar-refractivity contribution < 1.29 is 14.7 Å². The second-order valence-corrected chi connectivity index (χ2v) is 12.3. The number of benzene rings is 3. The summed E-state index contributed by atoms with van der Waals surface area (Å²) in [4.78, 5) is 25.8. The van der Waals surface area contributed by atoms with Crippen molar-refractivity contribution in [3.05, 3.63) is 125 Å². The molecule has 0 saturated carbocycles. The number of Topliss-reactive ketones (excluding diaryl/α,β-unsaturated/α-hetero) is 1. The fourth-order valence-electron chi connectivity index (χ4n) is 5.01. The first kappa shape index (κ1) is 32.3. The minimum atomic E-state index is -0.475. The molecule has 11 heteroatoms. The molecule has 0 aliphatic heterocycles. The Bertz CT molecular complexity index is 1810. The second kappa shape index (κ2) is 14.8. The lowest BCUT2D eigenvalue weighted by molar-refractivity contribution is -0.121. The minimum absolute atomic E-state index is 0.0399. The number of aliphatic hydroxyl groups excluding tert-OH is 1. The molecule has 0 fully saturated rings. The Morgan fingerprint density at radius 1 is 0.978 bits per heavy atom. The Labute approximate surface area is 272 Å². The molecule has 0 aliphatic rings. The van der Waals surface area contributed by atoms with E-state index >= 15 is 0 Å². The lowest BCUT2D eigenvalue weighted by Crippen LogP contribution is -2.29. The summed E-state index contributed by atoms with van der Waals surface area (Å²) in [5.41, 5.74) is 5.16. The first-order chi connectivity index (χ1) is 22.2. The van der Waals surface area contributed by atoms with Gasteiger partial charge in [0.2, 0.25) is 5.91 Å². The monoisotopic (exact) mass is 635 g/mol. The highest BCUT2D eigenvalue weighted by Crippen LogP contribution is 2.26. The van der Waals surface area contributed by atoms with Crippen LogP contribution in [0.25, 0.3) is 22.9 Å². The molecule has 0 spiro atoms. The van der Waals surface area contributed by atoms with E-state index in [1.807, 2.05) is 74.5 Å². The third-order valence-corrected chi connectivity index (χ3v) is 7.66. The summed E-state index contributed by atoms with van der Waals surface area (Å²) < 4.78 is 1.50. The van der Waals surface area contributed by atoms with E-state index in [1.54, 1.807) is 30.5 Å². The van der Waals surface area contributed by atoms with Gasteiger partial charge in [-0.25, -0.2) is 0 Å². The van der Waals surface area contributed by atoms with Gasteiger partial charge in [-0.2, -0.15) is 14.9 Å². The maximum Gasteiger partial charge on any atom is 0.244 e. The molecule has 2 N–H and O–H groups in total. The Balaban J connectivity index is 1.35. The number of halogens is 1. The number of nitrogens with zero attached hydrogens (tertiary/aromatic N) is 6. The average molecular weight is 636 g/mol. The van der Waals surface area contributed by atoms with E-state index in [1.165, 1.54) is 17.1 Å². The van der Waals surface area contributed by atoms with Crippen LogP contribution in [0.3, 0.4) is 0 Å². The molecule has 2 heterocycles. The predicted molar refractivity (Wildman–Crippen MR) is 176 cm³/mol. The fourth-order valence-corrected chi connectivity index (χ4v) is 5.19. The van der Waals surface area contributed by atoms with Crippen molar-refractivity contribution in [2.24, 2.45) is 5.41 Å². The Morgan fingerprint density at radius 3 is 2.48 bits per heavy atom. The molecule has 1 amide bonds. The number of ketones is 1. The van der Waals surface area contributed by atoms with Gasteiger partial charge >= 0.3 is 0 Å². The summed E-state index contributed by atoms with van der Waals surface area (Å²) in [7, 11) is 0. The molecule has 0 unspecified atom stereocenters. The van der Waals surface area contributed by atoms with Crippen molar-refractivity contribution in [2.75, 3.05) is 6.61 Å². The molecule has 2 aromatic heterocycles. The fraction of sp³-hybridized carbons (Fsp3) is 0.229. The molecule has 10 nitrogen and oxygen atoms in total. The molecule has 234 valence electrons. The van der Waals surface area contributed by atoms with Gasteiger partial charge in [-0.3, -0.25) is 9.59 Å². The number of carbonyl (C=O) groups is 2. The third kappa shape index (κ3) is 8.77. The summed E-state index contributed by atoms with van der Waals surface area (Å²) >= 11 is 6.24. The zero-order valence-corrected chi connectivity index (χ0v) is 26.3. The molecule has 5 rings (SSSR count). The summed E-state index contributed by atoms with van der Waals surface area (Å²) in [6, 6.07) is 24.3. The standard InChI is InChI=1S/C35H34ClN7O3/c1-35(2,22-44)20-30(45)16-25-8-10-26(11-9-25)28-19-32(40-37-21-28)31(17-24-6-4-3-5-7-24)39-34(46)15-12-27-18-29(36)13-14-33(27)43-23-38-41-42-43/h3-15,18-19,21,23,31,44H,16-17,20,22H2,1-2H3,(H,39,46)/b15-12+/t31-/m0/s1. The topological polar surface area (TPSA) is 136 Å². The van der Waals surface area contributed by atoms with Gasteiger partial charge in [0.05, 0.1) is 23.6 Å². The van der Waals surface area contributed by atoms with E-state index in [4.69, 9.17) is 11.6 Å². The molecule has 0 radical (unpaired) electrons. The van der Waals surface area contributed by atoms with Crippen LogP contribution in [0, 0.1) is 5.41 Å². The number of aromatic nitrogens is 6. The Morgan fingerprint density at radius 2 is 1.76 bits per heavy atom. The number of hydrogen-bond donors (Lipinski definition) is 2. The lowest BCUT2D eigenvalue weighted by atomic mass is 9.86. The van der Waals surface area contributed by atoms with E-state index in [0.717, 1.165) is 22.3 Å². The lowest BCUT2D eigenvalue weighted by Gasteiger charge is -2.20. The second-order valence-electron chi connectivity index (χ2n) is 11.8. The van der Waals surface area contributed by atoms with Gasteiger partial charge in [0.15, 0.2) is 0 Å². The highest BCUT2D eigenvalue weighted by molar-refractivity contribution is 6.30. The number of amides is 1. The highest BCUT2D eigenvalue weighted by Gasteiger charge is 2.21. The van der Waals surface area contributed by atoms with Crippen LogP contribution in [-0.4, -0.2) is 53.8 Å². The number of tetrazole rings is 1. The summed E-state index contributed by atoms with van der Waals surface area (Å²) in [5, 5.41) is 33.1. The van der Waals surface area contributed by atoms with Crippen molar-refractivity contribution in [2.45, 2.75) is 39.2 Å². The molecule has 0 bridgehead atoms. The van der Waals surface area contributed by atoms with Crippen LogP contribution in [0.1, 0.15) is 48.7 Å². The van der Waals surface area contributed by atoms with Gasteiger partial charge in [-0.05, 0) is 69.3 Å². The zero-order valence-electron chi connectivity index (χ0n) is 25.5. The van der Waals surface area contributed by atoms with Gasteiger partial charge in [0.25, 0.3) is 0 Å². The molecule has 3 aromatic carbocycles. The average Bonchev–Trinajstić information content (AvgIpc) is 3.59. The van der Waals surface area contributed by atoms with Crippen LogP contribution in [0.15, 0.2) is 97.5 Å². The van der Waals surface area contributed by atoms with Crippen LogP contribution >= 0.6 is 11.6 Å². The van der Waals surface area contributed by atoms with E-state index in [9.17, 15) is 14.7 Å². The van der Waals surface area contributed by atoms with E-state index in [2.05, 4.69) is 31.0 Å². The predicted octanol–water partition coefficient (Wildman–Crippen LogP) is 5.41. The number of nitrogens with one attached hydrogen (secondary N) is 1.